The molecule has 0 spiro atoms. The van der Waals surface area contributed by atoms with Gasteiger partial charge in [0.25, 0.3) is 0 Å². The Bertz CT molecular complexity index is 634. The lowest BCUT2D eigenvalue weighted by atomic mass is 10.0. The summed E-state index contributed by atoms with van der Waals surface area (Å²) in [7, 11) is -2.82. The molecule has 3 heterocycles. The first kappa shape index (κ1) is 10.7. The molecular formula is C11H13N3O2S. The molecule has 0 N–H and O–H groups in total. The molecule has 1 aliphatic rings. The van der Waals surface area contributed by atoms with E-state index in [4.69, 9.17) is 0 Å². The van der Waals surface area contributed by atoms with Crippen molar-refractivity contribution in [3.63, 3.8) is 0 Å². The normalized spacial score (nSPS) is 20.7. The molecule has 0 atom stereocenters. The van der Waals surface area contributed by atoms with Crippen molar-refractivity contribution in [2.45, 2.75) is 18.8 Å². The zero-order chi connectivity index (χ0) is 11.9. The van der Waals surface area contributed by atoms with Gasteiger partial charge in [-0.2, -0.15) is 0 Å². The van der Waals surface area contributed by atoms with Gasteiger partial charge in [-0.25, -0.2) is 8.42 Å². The third-order valence-electron chi connectivity index (χ3n) is 3.26. The minimum absolute atomic E-state index is 0.205. The fourth-order valence-electron chi connectivity index (χ4n) is 2.29. The lowest BCUT2D eigenvalue weighted by Gasteiger charge is -2.20. The van der Waals surface area contributed by atoms with Crippen molar-refractivity contribution in [1.29, 1.82) is 0 Å². The average Bonchev–Trinajstić information content (AvgIpc) is 2.73. The van der Waals surface area contributed by atoms with Crippen molar-refractivity contribution in [1.82, 2.24) is 14.6 Å². The van der Waals surface area contributed by atoms with E-state index >= 15 is 0 Å². The standard InChI is InChI=1S/C11H13N3O2S/c15-17(16)7-4-9(5-8-17)11-13-12-10-3-1-2-6-14(10)11/h1-3,6,9H,4-5,7-8H2. The Labute approximate surface area is 99.4 Å². The Morgan fingerprint density at radius 1 is 1.18 bits per heavy atom. The smallest absolute Gasteiger partial charge is 0.160 e. The summed E-state index contributed by atoms with van der Waals surface area (Å²) < 4.78 is 24.7. The van der Waals surface area contributed by atoms with Gasteiger partial charge in [0.1, 0.15) is 15.7 Å². The molecular weight excluding hydrogens is 238 g/mol. The van der Waals surface area contributed by atoms with E-state index in [1.54, 1.807) is 0 Å². The van der Waals surface area contributed by atoms with E-state index < -0.39 is 9.84 Å². The largest absolute Gasteiger partial charge is 0.286 e. The molecule has 2 aromatic rings. The van der Waals surface area contributed by atoms with Crippen molar-refractivity contribution in [2.24, 2.45) is 0 Å². The second-order valence-corrected chi connectivity index (χ2v) is 6.72. The van der Waals surface area contributed by atoms with Gasteiger partial charge in [0, 0.05) is 12.1 Å². The fraction of sp³-hybridized carbons (Fsp3) is 0.455. The van der Waals surface area contributed by atoms with E-state index in [0.29, 0.717) is 12.8 Å². The lowest BCUT2D eigenvalue weighted by molar-refractivity contribution is 0.534. The van der Waals surface area contributed by atoms with Gasteiger partial charge in [0.2, 0.25) is 0 Å². The Balaban J connectivity index is 1.95. The highest BCUT2D eigenvalue weighted by Crippen LogP contribution is 2.27. The van der Waals surface area contributed by atoms with E-state index in [2.05, 4.69) is 10.2 Å². The summed E-state index contributed by atoms with van der Waals surface area (Å²) in [5.74, 6) is 1.62. The van der Waals surface area contributed by atoms with E-state index in [9.17, 15) is 8.42 Å². The number of pyridine rings is 1. The van der Waals surface area contributed by atoms with E-state index in [1.807, 2.05) is 28.8 Å². The van der Waals surface area contributed by atoms with Crippen LogP contribution in [0.3, 0.4) is 0 Å². The molecule has 1 saturated heterocycles. The number of fused-ring (bicyclic) bond motifs is 1. The highest BCUT2D eigenvalue weighted by molar-refractivity contribution is 7.91. The summed E-state index contributed by atoms with van der Waals surface area (Å²) in [6, 6.07) is 5.74. The van der Waals surface area contributed by atoms with Gasteiger partial charge in [0.05, 0.1) is 11.5 Å². The van der Waals surface area contributed by atoms with Crippen LogP contribution in [-0.4, -0.2) is 34.5 Å². The third-order valence-corrected chi connectivity index (χ3v) is 4.98. The Morgan fingerprint density at radius 2 is 1.94 bits per heavy atom. The molecule has 17 heavy (non-hydrogen) atoms. The Kier molecular flexibility index (Phi) is 2.39. The van der Waals surface area contributed by atoms with Gasteiger partial charge in [-0.15, -0.1) is 10.2 Å². The number of hydrogen-bond acceptors (Lipinski definition) is 4. The van der Waals surface area contributed by atoms with Gasteiger partial charge >= 0.3 is 0 Å². The minimum atomic E-state index is -2.82. The molecule has 0 bridgehead atoms. The van der Waals surface area contributed by atoms with Crippen molar-refractivity contribution < 1.29 is 8.42 Å². The highest BCUT2D eigenvalue weighted by Gasteiger charge is 2.27. The molecule has 0 amide bonds. The average molecular weight is 251 g/mol. The summed E-state index contributed by atoms with van der Waals surface area (Å²) in [6.45, 7) is 0. The maximum absolute atomic E-state index is 11.4. The minimum Gasteiger partial charge on any atom is -0.286 e. The van der Waals surface area contributed by atoms with Crippen LogP contribution in [0.15, 0.2) is 24.4 Å². The molecule has 0 saturated carbocycles. The number of aromatic nitrogens is 3. The SMILES string of the molecule is O=S1(=O)CCC(c2nnc3ccccn23)CC1. The zero-order valence-corrected chi connectivity index (χ0v) is 10.1. The monoisotopic (exact) mass is 251 g/mol. The quantitative estimate of drug-likeness (QED) is 0.759. The van der Waals surface area contributed by atoms with Crippen molar-refractivity contribution >= 4 is 15.5 Å². The maximum Gasteiger partial charge on any atom is 0.160 e. The van der Waals surface area contributed by atoms with Gasteiger partial charge in [0.15, 0.2) is 5.65 Å². The molecule has 0 aromatic carbocycles. The van der Waals surface area contributed by atoms with Crippen LogP contribution in [0.25, 0.3) is 5.65 Å². The lowest BCUT2D eigenvalue weighted by Crippen LogP contribution is -2.23. The van der Waals surface area contributed by atoms with Crippen LogP contribution in [-0.2, 0) is 9.84 Å². The summed E-state index contributed by atoms with van der Waals surface area (Å²) in [5, 5.41) is 8.28. The molecule has 0 aliphatic carbocycles. The predicted molar refractivity (Wildman–Crippen MR) is 63.6 cm³/mol. The first-order valence-electron chi connectivity index (χ1n) is 5.66. The van der Waals surface area contributed by atoms with Gasteiger partial charge < -0.3 is 0 Å². The summed E-state index contributed by atoms with van der Waals surface area (Å²) in [5.41, 5.74) is 0.816. The van der Waals surface area contributed by atoms with Crippen LogP contribution >= 0.6 is 0 Å². The predicted octanol–water partition coefficient (Wildman–Crippen LogP) is 1.02. The topological polar surface area (TPSA) is 64.3 Å². The first-order valence-corrected chi connectivity index (χ1v) is 7.48. The van der Waals surface area contributed by atoms with Crippen LogP contribution < -0.4 is 0 Å². The summed E-state index contributed by atoms with van der Waals surface area (Å²) in [4.78, 5) is 0. The van der Waals surface area contributed by atoms with Crippen molar-refractivity contribution in [3.8, 4) is 0 Å². The van der Waals surface area contributed by atoms with Crippen LogP contribution in [0.5, 0.6) is 0 Å². The second-order valence-electron chi connectivity index (χ2n) is 4.41. The maximum atomic E-state index is 11.4. The molecule has 3 rings (SSSR count). The van der Waals surface area contributed by atoms with E-state index in [1.165, 1.54) is 0 Å². The van der Waals surface area contributed by atoms with Crippen LogP contribution in [0.2, 0.25) is 0 Å². The van der Waals surface area contributed by atoms with Gasteiger partial charge in [-0.1, -0.05) is 6.07 Å². The summed E-state index contributed by atoms with van der Waals surface area (Å²) >= 11 is 0. The number of hydrogen-bond donors (Lipinski definition) is 0. The van der Waals surface area contributed by atoms with Crippen LogP contribution in [0.1, 0.15) is 24.6 Å². The molecule has 90 valence electrons. The number of rotatable bonds is 1. The molecule has 2 aromatic heterocycles. The van der Waals surface area contributed by atoms with Crippen molar-refractivity contribution in [2.75, 3.05) is 11.5 Å². The van der Waals surface area contributed by atoms with Crippen molar-refractivity contribution in [3.05, 3.63) is 30.2 Å². The van der Waals surface area contributed by atoms with Crippen LogP contribution in [0.4, 0.5) is 0 Å². The third kappa shape index (κ3) is 1.93. The molecule has 6 heteroatoms. The number of sulfone groups is 1. The Hall–Kier alpha value is -1.43. The van der Waals surface area contributed by atoms with E-state index in [-0.39, 0.29) is 17.4 Å². The van der Waals surface area contributed by atoms with Gasteiger partial charge in [-0.3, -0.25) is 4.40 Å². The van der Waals surface area contributed by atoms with Gasteiger partial charge in [-0.05, 0) is 25.0 Å². The molecule has 5 nitrogen and oxygen atoms in total. The summed E-state index contributed by atoms with van der Waals surface area (Å²) in [6.07, 6.45) is 3.23. The Morgan fingerprint density at radius 3 is 2.71 bits per heavy atom. The van der Waals surface area contributed by atoms with E-state index in [0.717, 1.165) is 11.5 Å². The molecule has 0 radical (unpaired) electrons. The molecule has 0 unspecified atom stereocenters. The molecule has 1 aliphatic heterocycles. The highest BCUT2D eigenvalue weighted by atomic mass is 32.2. The number of nitrogens with zero attached hydrogens (tertiary/aromatic N) is 3. The zero-order valence-electron chi connectivity index (χ0n) is 9.28. The molecule has 1 fully saturated rings. The first-order chi connectivity index (χ1) is 8.16. The van der Waals surface area contributed by atoms with Crippen LogP contribution in [0, 0.1) is 0 Å². The second kappa shape index (κ2) is 3.80. The fourth-order valence-corrected chi connectivity index (χ4v) is 3.78.